The Balaban J connectivity index is 1.53. The molecule has 0 fully saturated rings. The highest BCUT2D eigenvalue weighted by atomic mass is 35.5. The van der Waals surface area contributed by atoms with E-state index in [-0.39, 0.29) is 12.8 Å². The standard InChI is InChI=1S/C19H22ClN3O2S/c1-23(2)16(14-5-3-4-6-15(14)20)11-22-19(26)21-10-13-7-8-17-18(9-13)25-12-24-17/h3-9,16H,10-12H2,1-2H3,(H2,21,22,26)/t16-/m1/s1. The van der Waals surface area contributed by atoms with Crippen molar-refractivity contribution in [1.29, 1.82) is 0 Å². The molecule has 0 radical (unpaired) electrons. The van der Waals surface area contributed by atoms with Crippen molar-refractivity contribution in [3.63, 3.8) is 0 Å². The van der Waals surface area contributed by atoms with Gasteiger partial charge in [0.05, 0.1) is 6.04 Å². The van der Waals surface area contributed by atoms with E-state index in [0.717, 1.165) is 27.6 Å². The summed E-state index contributed by atoms with van der Waals surface area (Å²) in [5, 5.41) is 7.85. The number of likely N-dealkylation sites (N-methyl/N-ethyl adjacent to an activating group) is 1. The van der Waals surface area contributed by atoms with E-state index in [2.05, 4.69) is 15.5 Å². The Labute approximate surface area is 164 Å². The normalized spacial score (nSPS) is 13.5. The van der Waals surface area contributed by atoms with Crippen LogP contribution in [-0.2, 0) is 6.54 Å². The van der Waals surface area contributed by atoms with Gasteiger partial charge in [-0.2, -0.15) is 0 Å². The number of ether oxygens (including phenoxy) is 2. The lowest BCUT2D eigenvalue weighted by molar-refractivity contribution is 0.174. The van der Waals surface area contributed by atoms with Crippen LogP contribution in [0.5, 0.6) is 11.5 Å². The van der Waals surface area contributed by atoms with E-state index in [4.69, 9.17) is 33.3 Å². The van der Waals surface area contributed by atoms with E-state index in [1.807, 2.05) is 56.6 Å². The van der Waals surface area contributed by atoms with Crippen molar-refractivity contribution in [2.45, 2.75) is 12.6 Å². The van der Waals surface area contributed by atoms with Gasteiger partial charge >= 0.3 is 0 Å². The Morgan fingerprint density at radius 2 is 1.92 bits per heavy atom. The molecule has 26 heavy (non-hydrogen) atoms. The van der Waals surface area contributed by atoms with E-state index in [9.17, 15) is 0 Å². The summed E-state index contributed by atoms with van der Waals surface area (Å²) in [6, 6.07) is 13.9. The zero-order valence-corrected chi connectivity index (χ0v) is 16.4. The predicted molar refractivity (Wildman–Crippen MR) is 108 cm³/mol. The molecule has 0 saturated carbocycles. The molecule has 5 nitrogen and oxygen atoms in total. The molecule has 0 amide bonds. The van der Waals surface area contributed by atoms with Crippen molar-refractivity contribution in [1.82, 2.24) is 15.5 Å². The average molecular weight is 392 g/mol. The highest BCUT2D eigenvalue weighted by Crippen LogP contribution is 2.32. The van der Waals surface area contributed by atoms with Crippen LogP contribution in [0.2, 0.25) is 5.02 Å². The number of nitrogens with one attached hydrogen (secondary N) is 2. The van der Waals surface area contributed by atoms with E-state index in [1.165, 1.54) is 0 Å². The van der Waals surface area contributed by atoms with Crippen LogP contribution in [0.4, 0.5) is 0 Å². The Morgan fingerprint density at radius 1 is 1.15 bits per heavy atom. The second-order valence-electron chi connectivity index (χ2n) is 6.25. The third-order valence-corrected chi connectivity index (χ3v) is 4.87. The van der Waals surface area contributed by atoms with Crippen molar-refractivity contribution in [3.8, 4) is 11.5 Å². The van der Waals surface area contributed by atoms with E-state index in [1.54, 1.807) is 0 Å². The molecule has 2 N–H and O–H groups in total. The number of thiocarbonyl (C=S) groups is 1. The molecule has 0 aromatic heterocycles. The fraction of sp³-hybridized carbons (Fsp3) is 0.316. The highest BCUT2D eigenvalue weighted by molar-refractivity contribution is 7.80. The summed E-state index contributed by atoms with van der Waals surface area (Å²) in [5.41, 5.74) is 2.15. The van der Waals surface area contributed by atoms with Gasteiger partial charge in [0.15, 0.2) is 16.6 Å². The topological polar surface area (TPSA) is 45.8 Å². The van der Waals surface area contributed by atoms with Gasteiger partial charge < -0.3 is 25.0 Å². The van der Waals surface area contributed by atoms with E-state index in [0.29, 0.717) is 18.2 Å². The fourth-order valence-corrected chi connectivity index (χ4v) is 3.22. The minimum Gasteiger partial charge on any atom is -0.454 e. The summed E-state index contributed by atoms with van der Waals surface area (Å²) in [7, 11) is 4.05. The summed E-state index contributed by atoms with van der Waals surface area (Å²) in [6.45, 7) is 1.55. The minimum atomic E-state index is 0.119. The van der Waals surface area contributed by atoms with Crippen LogP contribution in [-0.4, -0.2) is 37.4 Å². The summed E-state index contributed by atoms with van der Waals surface area (Å²) < 4.78 is 10.7. The van der Waals surface area contributed by atoms with Crippen LogP contribution in [0.15, 0.2) is 42.5 Å². The molecular formula is C19H22ClN3O2S. The van der Waals surface area contributed by atoms with Crippen molar-refractivity contribution in [2.75, 3.05) is 27.4 Å². The Hall–Kier alpha value is -2.02. The zero-order chi connectivity index (χ0) is 18.5. The van der Waals surface area contributed by atoms with Crippen molar-refractivity contribution < 1.29 is 9.47 Å². The van der Waals surface area contributed by atoms with Gasteiger partial charge in [-0.05, 0) is 55.6 Å². The van der Waals surface area contributed by atoms with E-state index < -0.39 is 0 Å². The SMILES string of the molecule is CN(C)[C@H](CNC(=S)NCc1ccc2c(c1)OCO2)c1ccccc1Cl. The van der Waals surface area contributed by atoms with Gasteiger partial charge in [0.25, 0.3) is 0 Å². The number of rotatable bonds is 6. The molecule has 0 saturated heterocycles. The van der Waals surface area contributed by atoms with Gasteiger partial charge in [0.1, 0.15) is 0 Å². The number of fused-ring (bicyclic) bond motifs is 1. The first kappa shape index (κ1) is 18.8. The molecule has 1 aliphatic rings. The van der Waals surface area contributed by atoms with Crippen molar-refractivity contribution >= 4 is 28.9 Å². The second kappa shape index (κ2) is 8.58. The molecule has 2 aromatic rings. The lowest BCUT2D eigenvalue weighted by Gasteiger charge is -2.26. The second-order valence-corrected chi connectivity index (χ2v) is 7.07. The van der Waals surface area contributed by atoms with Crippen molar-refractivity contribution in [2.24, 2.45) is 0 Å². The maximum atomic E-state index is 6.34. The lowest BCUT2D eigenvalue weighted by atomic mass is 10.1. The quantitative estimate of drug-likeness (QED) is 0.736. The van der Waals surface area contributed by atoms with Crippen LogP contribution < -0.4 is 20.1 Å². The molecule has 7 heteroatoms. The summed E-state index contributed by atoms with van der Waals surface area (Å²) in [5.74, 6) is 1.55. The first-order valence-corrected chi connectivity index (χ1v) is 9.14. The monoisotopic (exact) mass is 391 g/mol. The zero-order valence-electron chi connectivity index (χ0n) is 14.8. The molecule has 138 valence electrons. The third-order valence-electron chi connectivity index (χ3n) is 4.23. The minimum absolute atomic E-state index is 0.119. The number of halogens is 1. The smallest absolute Gasteiger partial charge is 0.231 e. The predicted octanol–water partition coefficient (Wildman–Crippen LogP) is 3.34. The number of hydrogen-bond donors (Lipinski definition) is 2. The largest absolute Gasteiger partial charge is 0.454 e. The lowest BCUT2D eigenvalue weighted by Crippen LogP contribution is -2.40. The average Bonchev–Trinajstić information content (AvgIpc) is 3.09. The third kappa shape index (κ3) is 4.58. The van der Waals surface area contributed by atoms with Crippen LogP contribution in [0.25, 0.3) is 0 Å². The van der Waals surface area contributed by atoms with Gasteiger partial charge in [-0.25, -0.2) is 0 Å². The van der Waals surface area contributed by atoms with Gasteiger partial charge in [-0.1, -0.05) is 35.9 Å². The molecule has 1 heterocycles. The van der Waals surface area contributed by atoms with Gasteiger partial charge in [0.2, 0.25) is 6.79 Å². The number of nitrogens with zero attached hydrogens (tertiary/aromatic N) is 1. The molecule has 2 aromatic carbocycles. The van der Waals surface area contributed by atoms with Gasteiger partial charge in [0, 0.05) is 18.1 Å². The molecule has 0 unspecified atom stereocenters. The Bertz CT molecular complexity index is 785. The molecule has 1 atom stereocenters. The molecule has 1 aliphatic heterocycles. The first-order chi connectivity index (χ1) is 12.5. The van der Waals surface area contributed by atoms with Gasteiger partial charge in [-0.15, -0.1) is 0 Å². The molecule has 0 aliphatic carbocycles. The molecule has 0 bridgehead atoms. The van der Waals surface area contributed by atoms with Crippen LogP contribution in [0.3, 0.4) is 0 Å². The summed E-state index contributed by atoms with van der Waals surface area (Å²) in [6.07, 6.45) is 0. The number of benzene rings is 2. The molecule has 3 rings (SSSR count). The van der Waals surface area contributed by atoms with Crippen LogP contribution in [0.1, 0.15) is 17.2 Å². The van der Waals surface area contributed by atoms with E-state index >= 15 is 0 Å². The number of hydrogen-bond acceptors (Lipinski definition) is 4. The summed E-state index contributed by atoms with van der Waals surface area (Å²) in [4.78, 5) is 2.12. The molecular weight excluding hydrogens is 370 g/mol. The maximum absolute atomic E-state index is 6.34. The maximum Gasteiger partial charge on any atom is 0.231 e. The Morgan fingerprint density at radius 3 is 2.69 bits per heavy atom. The van der Waals surface area contributed by atoms with Crippen LogP contribution in [0, 0.1) is 0 Å². The first-order valence-electron chi connectivity index (χ1n) is 8.35. The van der Waals surface area contributed by atoms with Crippen molar-refractivity contribution in [3.05, 3.63) is 58.6 Å². The highest BCUT2D eigenvalue weighted by Gasteiger charge is 2.17. The Kier molecular flexibility index (Phi) is 6.19. The molecule has 0 spiro atoms. The van der Waals surface area contributed by atoms with Crippen LogP contribution >= 0.6 is 23.8 Å². The van der Waals surface area contributed by atoms with Gasteiger partial charge in [-0.3, -0.25) is 0 Å². The summed E-state index contributed by atoms with van der Waals surface area (Å²) >= 11 is 11.8. The fourth-order valence-electron chi connectivity index (χ4n) is 2.80.